The van der Waals surface area contributed by atoms with Crippen molar-refractivity contribution >= 4 is 5.91 Å². The molecule has 1 saturated heterocycles. The van der Waals surface area contributed by atoms with Gasteiger partial charge in [-0.15, -0.1) is 0 Å². The van der Waals surface area contributed by atoms with E-state index in [1.165, 1.54) is 6.08 Å². The van der Waals surface area contributed by atoms with E-state index in [1.807, 2.05) is 4.90 Å². The molecule has 1 heterocycles. The van der Waals surface area contributed by atoms with Crippen molar-refractivity contribution in [2.45, 2.75) is 46.1 Å². The smallest absolute Gasteiger partial charge is 0.246 e. The summed E-state index contributed by atoms with van der Waals surface area (Å²) in [6.07, 6.45) is 4.73. The first-order valence-corrected chi connectivity index (χ1v) is 6.45. The Morgan fingerprint density at radius 3 is 2.82 bits per heavy atom. The number of rotatable bonds is 4. The molecule has 3 nitrogen and oxygen atoms in total. The zero-order chi connectivity index (χ0) is 12.9. The zero-order valence-corrected chi connectivity index (χ0v) is 11.4. The average molecular weight is 239 g/mol. The third-order valence-electron chi connectivity index (χ3n) is 3.07. The summed E-state index contributed by atoms with van der Waals surface area (Å²) in [4.78, 5) is 13.3. The van der Waals surface area contributed by atoms with E-state index in [0.29, 0.717) is 5.41 Å². The average Bonchev–Trinajstić information content (AvgIpc) is 2.27. The normalized spacial score (nSPS) is 21.4. The number of likely N-dealkylation sites (tertiary alicyclic amines) is 1. The molecule has 0 bridgehead atoms. The molecule has 0 radical (unpaired) electrons. The Balaban J connectivity index is 2.30. The minimum atomic E-state index is 0.0223. The number of piperidine rings is 1. The molecule has 1 atom stereocenters. The molecule has 98 valence electrons. The fourth-order valence-electron chi connectivity index (χ4n) is 1.94. The lowest BCUT2D eigenvalue weighted by Gasteiger charge is -2.32. The molecule has 0 aliphatic carbocycles. The van der Waals surface area contributed by atoms with E-state index in [0.717, 1.165) is 39.0 Å². The maximum atomic E-state index is 11.5. The van der Waals surface area contributed by atoms with Crippen molar-refractivity contribution in [1.82, 2.24) is 4.90 Å². The SMILES string of the molecule is C=CC(=O)N1CCCC(OCCC(C)(C)C)C1. The van der Waals surface area contributed by atoms with Crippen LogP contribution in [0.2, 0.25) is 0 Å². The van der Waals surface area contributed by atoms with E-state index < -0.39 is 0 Å². The fraction of sp³-hybridized carbons (Fsp3) is 0.786. The van der Waals surface area contributed by atoms with Gasteiger partial charge in [0.2, 0.25) is 5.91 Å². The third-order valence-corrected chi connectivity index (χ3v) is 3.07. The Morgan fingerprint density at radius 2 is 2.24 bits per heavy atom. The van der Waals surface area contributed by atoms with Crippen LogP contribution in [0.3, 0.4) is 0 Å². The van der Waals surface area contributed by atoms with Gasteiger partial charge < -0.3 is 9.64 Å². The molecule has 1 aliphatic heterocycles. The molecule has 1 fully saturated rings. The number of carbonyl (C=O) groups excluding carboxylic acids is 1. The van der Waals surface area contributed by atoms with Gasteiger partial charge in [0.15, 0.2) is 0 Å². The van der Waals surface area contributed by atoms with E-state index in [-0.39, 0.29) is 12.0 Å². The van der Waals surface area contributed by atoms with Gasteiger partial charge in [0, 0.05) is 19.7 Å². The van der Waals surface area contributed by atoms with Gasteiger partial charge in [-0.3, -0.25) is 4.79 Å². The minimum absolute atomic E-state index is 0.0223. The second-order valence-corrected chi connectivity index (χ2v) is 5.93. The highest BCUT2D eigenvalue weighted by Crippen LogP contribution is 2.20. The Hall–Kier alpha value is -0.830. The van der Waals surface area contributed by atoms with Crippen LogP contribution >= 0.6 is 0 Å². The van der Waals surface area contributed by atoms with Crippen molar-refractivity contribution in [3.05, 3.63) is 12.7 Å². The van der Waals surface area contributed by atoms with Crippen LogP contribution in [-0.2, 0) is 9.53 Å². The maximum Gasteiger partial charge on any atom is 0.246 e. The van der Waals surface area contributed by atoms with Crippen molar-refractivity contribution in [2.24, 2.45) is 5.41 Å². The lowest BCUT2D eigenvalue weighted by atomic mass is 9.93. The first-order valence-electron chi connectivity index (χ1n) is 6.45. The largest absolute Gasteiger partial charge is 0.376 e. The molecule has 1 amide bonds. The van der Waals surface area contributed by atoms with Crippen LogP contribution in [0, 0.1) is 5.41 Å². The van der Waals surface area contributed by atoms with Crippen LogP contribution in [0.1, 0.15) is 40.0 Å². The first kappa shape index (κ1) is 14.2. The molecule has 0 saturated carbocycles. The summed E-state index contributed by atoms with van der Waals surface area (Å²) in [5.41, 5.74) is 0.311. The second-order valence-electron chi connectivity index (χ2n) is 5.93. The standard InChI is InChI=1S/C14H25NO2/c1-5-13(16)15-9-6-7-12(11-15)17-10-8-14(2,3)4/h5,12H,1,6-11H2,2-4H3. The monoisotopic (exact) mass is 239 g/mol. The van der Waals surface area contributed by atoms with Crippen LogP contribution in [-0.4, -0.2) is 36.6 Å². The number of ether oxygens (including phenoxy) is 1. The highest BCUT2D eigenvalue weighted by molar-refractivity contribution is 5.87. The number of amides is 1. The molecule has 3 heteroatoms. The summed E-state index contributed by atoms with van der Waals surface area (Å²) < 4.78 is 5.86. The van der Waals surface area contributed by atoms with Crippen molar-refractivity contribution in [3.63, 3.8) is 0 Å². The number of hydrogen-bond acceptors (Lipinski definition) is 2. The van der Waals surface area contributed by atoms with Crippen molar-refractivity contribution in [1.29, 1.82) is 0 Å². The summed E-state index contributed by atoms with van der Waals surface area (Å²) >= 11 is 0. The zero-order valence-electron chi connectivity index (χ0n) is 11.4. The van der Waals surface area contributed by atoms with E-state index in [2.05, 4.69) is 27.4 Å². The Morgan fingerprint density at radius 1 is 1.53 bits per heavy atom. The van der Waals surface area contributed by atoms with E-state index in [4.69, 9.17) is 4.74 Å². The first-order chi connectivity index (χ1) is 7.92. The summed E-state index contributed by atoms with van der Waals surface area (Å²) in [5, 5.41) is 0. The Kier molecular flexibility index (Phi) is 5.19. The van der Waals surface area contributed by atoms with Crippen LogP contribution in [0.5, 0.6) is 0 Å². The minimum Gasteiger partial charge on any atom is -0.376 e. The van der Waals surface area contributed by atoms with Gasteiger partial charge in [0.1, 0.15) is 0 Å². The van der Waals surface area contributed by atoms with Gasteiger partial charge in [0.25, 0.3) is 0 Å². The van der Waals surface area contributed by atoms with E-state index in [9.17, 15) is 4.79 Å². The quantitative estimate of drug-likeness (QED) is 0.706. The summed E-state index contributed by atoms with van der Waals surface area (Å²) in [6.45, 7) is 12.5. The van der Waals surface area contributed by atoms with Crippen molar-refractivity contribution < 1.29 is 9.53 Å². The highest BCUT2D eigenvalue weighted by Gasteiger charge is 2.23. The molecule has 0 N–H and O–H groups in total. The Labute approximate surface area is 105 Å². The van der Waals surface area contributed by atoms with Gasteiger partial charge in [-0.25, -0.2) is 0 Å². The third kappa shape index (κ3) is 5.35. The van der Waals surface area contributed by atoms with Crippen LogP contribution < -0.4 is 0 Å². The van der Waals surface area contributed by atoms with Gasteiger partial charge in [0.05, 0.1) is 6.10 Å². The number of carbonyl (C=O) groups is 1. The molecule has 0 spiro atoms. The molecule has 1 rings (SSSR count). The van der Waals surface area contributed by atoms with Crippen LogP contribution in [0.25, 0.3) is 0 Å². The lowest BCUT2D eigenvalue weighted by molar-refractivity contribution is -0.130. The highest BCUT2D eigenvalue weighted by atomic mass is 16.5. The number of nitrogens with zero attached hydrogens (tertiary/aromatic N) is 1. The maximum absolute atomic E-state index is 11.5. The van der Waals surface area contributed by atoms with E-state index >= 15 is 0 Å². The molecular weight excluding hydrogens is 214 g/mol. The number of hydrogen-bond donors (Lipinski definition) is 0. The predicted molar refractivity (Wildman–Crippen MR) is 69.8 cm³/mol. The van der Waals surface area contributed by atoms with Crippen LogP contribution in [0.4, 0.5) is 0 Å². The van der Waals surface area contributed by atoms with Crippen LogP contribution in [0.15, 0.2) is 12.7 Å². The van der Waals surface area contributed by atoms with Crippen molar-refractivity contribution in [2.75, 3.05) is 19.7 Å². The van der Waals surface area contributed by atoms with Gasteiger partial charge >= 0.3 is 0 Å². The topological polar surface area (TPSA) is 29.5 Å². The lowest BCUT2D eigenvalue weighted by Crippen LogP contribution is -2.42. The summed E-state index contributed by atoms with van der Waals surface area (Å²) in [6, 6.07) is 0. The molecule has 1 unspecified atom stereocenters. The predicted octanol–water partition coefficient (Wildman–Crippen LogP) is 2.62. The van der Waals surface area contributed by atoms with E-state index in [1.54, 1.807) is 0 Å². The fourth-order valence-corrected chi connectivity index (χ4v) is 1.94. The summed E-state index contributed by atoms with van der Waals surface area (Å²) in [5.74, 6) is 0.0223. The molecule has 17 heavy (non-hydrogen) atoms. The molecule has 1 aliphatic rings. The Bertz CT molecular complexity index is 268. The van der Waals surface area contributed by atoms with Gasteiger partial charge in [-0.1, -0.05) is 27.4 Å². The molecule has 0 aromatic rings. The van der Waals surface area contributed by atoms with Crippen molar-refractivity contribution in [3.8, 4) is 0 Å². The summed E-state index contributed by atoms with van der Waals surface area (Å²) in [7, 11) is 0. The van der Waals surface area contributed by atoms with Gasteiger partial charge in [-0.2, -0.15) is 0 Å². The molecular formula is C14H25NO2. The van der Waals surface area contributed by atoms with Gasteiger partial charge in [-0.05, 0) is 30.8 Å². The molecule has 0 aromatic carbocycles. The second kappa shape index (κ2) is 6.20. The molecule has 0 aromatic heterocycles.